The molecule has 0 aliphatic carbocycles. The third kappa shape index (κ3) is 12.9. The van der Waals surface area contributed by atoms with E-state index in [1.54, 1.807) is 40.0 Å². The van der Waals surface area contributed by atoms with Crippen molar-refractivity contribution in [1.29, 1.82) is 0 Å². The maximum Gasteiger partial charge on any atom is 0.408 e. The molecule has 0 saturated heterocycles. The van der Waals surface area contributed by atoms with Gasteiger partial charge in [0.05, 0.1) is 25.8 Å². The third-order valence-electron chi connectivity index (χ3n) is 10.2. The lowest BCUT2D eigenvalue weighted by Crippen LogP contribution is -2.63. The Hall–Kier alpha value is -6.18. The smallest absolute Gasteiger partial charge is 0.408 e. The lowest BCUT2D eigenvalue weighted by molar-refractivity contribution is -0.134. The zero-order valence-electron chi connectivity index (χ0n) is 35.2. The van der Waals surface area contributed by atoms with Gasteiger partial charge in [-0.15, -0.1) is 0 Å². The molecule has 0 saturated carbocycles. The summed E-state index contributed by atoms with van der Waals surface area (Å²) in [6.07, 6.45) is -2.18. The Labute approximate surface area is 352 Å². The molecule has 13 nitrogen and oxygen atoms in total. The van der Waals surface area contributed by atoms with Crippen LogP contribution in [0.15, 0.2) is 115 Å². The first-order valence-corrected chi connectivity index (χ1v) is 20.2. The molecule has 0 aliphatic heterocycles. The minimum atomic E-state index is -1.53. The second kappa shape index (κ2) is 21.2. The summed E-state index contributed by atoms with van der Waals surface area (Å²) in [5.74, 6) is -1.28. The van der Waals surface area contributed by atoms with Gasteiger partial charge in [0.1, 0.15) is 30.5 Å². The molecule has 1 aromatic heterocycles. The van der Waals surface area contributed by atoms with Gasteiger partial charge in [-0.1, -0.05) is 126 Å². The number of ether oxygens (including phenoxy) is 2. The highest BCUT2D eigenvalue weighted by Crippen LogP contribution is 2.22. The fraction of sp³-hybridized carbons (Fsp3) is 0.362. The normalized spacial score (nSPS) is 14.0. The van der Waals surface area contributed by atoms with Crippen molar-refractivity contribution in [2.45, 2.75) is 91.0 Å². The largest absolute Gasteiger partial charge is 0.497 e. The maximum atomic E-state index is 14.5. The van der Waals surface area contributed by atoms with E-state index in [0.29, 0.717) is 5.75 Å². The molecule has 4 aromatic carbocycles. The van der Waals surface area contributed by atoms with Gasteiger partial charge in [-0.25, -0.2) is 4.79 Å². The molecule has 5 rings (SSSR count). The number of alkyl carbamates (subject to hydrolysis) is 1. The Morgan fingerprint density at radius 1 is 0.700 bits per heavy atom. The van der Waals surface area contributed by atoms with Crippen molar-refractivity contribution < 1.29 is 33.8 Å². The molecule has 0 unspecified atom stereocenters. The predicted octanol–water partition coefficient (Wildman–Crippen LogP) is 5.52. The molecule has 5 atom stereocenters. The highest BCUT2D eigenvalue weighted by molar-refractivity contribution is 5.91. The van der Waals surface area contributed by atoms with Crippen molar-refractivity contribution in [1.82, 2.24) is 31.6 Å². The number of fused-ring (bicyclic) bond motifs is 1. The highest BCUT2D eigenvalue weighted by Gasteiger charge is 2.39. The number of aromatic nitrogens is 1. The van der Waals surface area contributed by atoms with E-state index in [1.165, 1.54) is 0 Å². The lowest BCUT2D eigenvalue weighted by Gasteiger charge is -2.35. The topological polar surface area (TPSA) is 183 Å². The number of carbonyl (C=O) groups is 4. The lowest BCUT2D eigenvalue weighted by atomic mass is 9.85. The second-order valence-corrected chi connectivity index (χ2v) is 16.3. The monoisotopic (exact) mass is 818 g/mol. The van der Waals surface area contributed by atoms with E-state index in [1.807, 2.05) is 117 Å². The van der Waals surface area contributed by atoms with E-state index in [-0.39, 0.29) is 32.0 Å². The number of aliphatic hydroxyl groups is 1. The molecule has 13 heteroatoms. The van der Waals surface area contributed by atoms with Gasteiger partial charge in [-0.05, 0) is 64.1 Å². The van der Waals surface area contributed by atoms with Crippen molar-refractivity contribution in [3.8, 4) is 5.75 Å². The van der Waals surface area contributed by atoms with Crippen LogP contribution in [0.3, 0.4) is 0 Å². The van der Waals surface area contributed by atoms with Crippen molar-refractivity contribution in [3.63, 3.8) is 0 Å². The molecule has 0 aliphatic rings. The number of hydrogen-bond acceptors (Lipinski definition) is 8. The summed E-state index contributed by atoms with van der Waals surface area (Å²) in [5, 5.41) is 28.1. The van der Waals surface area contributed by atoms with Crippen LogP contribution >= 0.6 is 0 Å². The SMILES string of the molecule is COc1ccc(CN[C@@H](C(=O)N[C@H](C(=O)NCc2cc3ccccc3[nH]2)C(C)C)[C@H](O)[C@H](Cc2ccccc2)NC(=O)[C@@H](NC(=O)OCc2ccccc2)C(C)(C)C)cc1. The zero-order chi connectivity index (χ0) is 43.2. The number of hydrogen-bond donors (Lipinski definition) is 7. The molecule has 318 valence electrons. The van der Waals surface area contributed by atoms with Crippen LogP contribution in [0.4, 0.5) is 4.79 Å². The number of para-hydroxylation sites is 1. The summed E-state index contributed by atoms with van der Waals surface area (Å²) in [7, 11) is 1.57. The summed E-state index contributed by atoms with van der Waals surface area (Å²) in [6, 6.07) is 31.1. The Bertz CT molecular complexity index is 2120. The average molecular weight is 819 g/mol. The zero-order valence-corrected chi connectivity index (χ0v) is 35.2. The first kappa shape index (κ1) is 44.9. The fourth-order valence-corrected chi connectivity index (χ4v) is 6.82. The van der Waals surface area contributed by atoms with Crippen molar-refractivity contribution in [3.05, 3.63) is 138 Å². The van der Waals surface area contributed by atoms with Crippen LogP contribution in [0.2, 0.25) is 0 Å². The number of H-pyrrole nitrogens is 1. The molecule has 1 heterocycles. The molecular formula is C47H58N6O7. The first-order chi connectivity index (χ1) is 28.7. The van der Waals surface area contributed by atoms with Crippen LogP contribution in [0.1, 0.15) is 57.0 Å². The molecule has 0 bridgehead atoms. The first-order valence-electron chi connectivity index (χ1n) is 20.2. The quantitative estimate of drug-likeness (QED) is 0.0569. The van der Waals surface area contributed by atoms with Crippen molar-refractivity contribution in [2.24, 2.45) is 11.3 Å². The summed E-state index contributed by atoms with van der Waals surface area (Å²) < 4.78 is 10.8. The van der Waals surface area contributed by atoms with Gasteiger partial charge < -0.3 is 40.8 Å². The third-order valence-corrected chi connectivity index (χ3v) is 10.2. The number of aromatic amines is 1. The molecule has 60 heavy (non-hydrogen) atoms. The number of methoxy groups -OCH3 is 1. The minimum absolute atomic E-state index is 0.00949. The molecule has 0 spiro atoms. The van der Waals surface area contributed by atoms with E-state index in [0.717, 1.165) is 33.3 Å². The summed E-state index contributed by atoms with van der Waals surface area (Å²) in [5.41, 5.74) is 3.33. The number of carbonyl (C=O) groups excluding carboxylic acids is 4. The molecular weight excluding hydrogens is 761 g/mol. The molecule has 0 radical (unpaired) electrons. The average Bonchev–Trinajstić information content (AvgIpc) is 3.66. The van der Waals surface area contributed by atoms with Crippen molar-refractivity contribution >= 4 is 34.7 Å². The summed E-state index contributed by atoms with van der Waals surface area (Å²) in [6.45, 7) is 9.44. The maximum absolute atomic E-state index is 14.5. The van der Waals surface area contributed by atoms with E-state index in [4.69, 9.17) is 9.47 Å². The Balaban J connectivity index is 1.38. The Morgan fingerprint density at radius 2 is 1.33 bits per heavy atom. The molecule has 0 fully saturated rings. The van der Waals surface area contributed by atoms with Crippen molar-refractivity contribution in [2.75, 3.05) is 7.11 Å². The summed E-state index contributed by atoms with van der Waals surface area (Å²) in [4.78, 5) is 58.8. The van der Waals surface area contributed by atoms with Crippen LogP contribution in [0.5, 0.6) is 5.75 Å². The number of nitrogens with one attached hydrogen (secondary N) is 6. The van der Waals surface area contributed by atoms with Gasteiger partial charge in [0.2, 0.25) is 17.7 Å². The molecule has 5 aromatic rings. The van der Waals surface area contributed by atoms with E-state index in [9.17, 15) is 24.3 Å². The highest BCUT2D eigenvalue weighted by atomic mass is 16.5. The van der Waals surface area contributed by atoms with Gasteiger partial charge in [0.15, 0.2) is 0 Å². The number of benzene rings is 4. The molecule has 4 amide bonds. The van der Waals surface area contributed by atoms with Crippen LogP contribution in [-0.2, 0) is 45.2 Å². The Morgan fingerprint density at radius 3 is 1.95 bits per heavy atom. The second-order valence-electron chi connectivity index (χ2n) is 16.3. The van der Waals surface area contributed by atoms with Gasteiger partial charge >= 0.3 is 6.09 Å². The van der Waals surface area contributed by atoms with Gasteiger partial charge in [0, 0.05) is 17.8 Å². The standard InChI is InChI=1S/C47H58N6O7/c1-30(2)39(43(55)49-28-35-26-34-19-13-14-20-37(34)50-35)52-44(56)40(48-27-32-21-23-36(59-6)24-22-32)41(54)38(25-31-15-9-7-10-16-31)51-45(57)42(47(3,4)5)53-46(58)60-29-33-17-11-8-12-18-33/h7-24,26,30,38-42,48,50,54H,25,27-29H2,1-6H3,(H,49,55)(H,51,57)(H,52,56)(H,53,58)/t38-,39-,40+,41+,42+/m0/s1. The van der Waals surface area contributed by atoms with Gasteiger partial charge in [-0.2, -0.15) is 0 Å². The number of rotatable bonds is 19. The fourth-order valence-electron chi connectivity index (χ4n) is 6.82. The Kier molecular flexibility index (Phi) is 15.9. The van der Waals surface area contributed by atoms with Crippen LogP contribution in [-0.4, -0.2) is 71.3 Å². The summed E-state index contributed by atoms with van der Waals surface area (Å²) >= 11 is 0. The van der Waals surface area contributed by atoms with E-state index in [2.05, 4.69) is 31.6 Å². The van der Waals surface area contributed by atoms with Gasteiger partial charge in [-0.3, -0.25) is 19.7 Å². The van der Waals surface area contributed by atoms with Crippen LogP contribution in [0.25, 0.3) is 10.9 Å². The molecule has 7 N–H and O–H groups in total. The van der Waals surface area contributed by atoms with E-state index >= 15 is 0 Å². The van der Waals surface area contributed by atoms with E-state index < -0.39 is 59.5 Å². The van der Waals surface area contributed by atoms with Gasteiger partial charge in [0.25, 0.3) is 0 Å². The number of aliphatic hydroxyl groups excluding tert-OH is 1. The predicted molar refractivity (Wildman–Crippen MR) is 232 cm³/mol. The van der Waals surface area contributed by atoms with Crippen LogP contribution < -0.4 is 31.3 Å². The number of amides is 4. The van der Waals surface area contributed by atoms with Crippen LogP contribution in [0, 0.1) is 11.3 Å². The minimum Gasteiger partial charge on any atom is -0.497 e.